The molecule has 118 valence electrons. The Morgan fingerprint density at radius 1 is 1.33 bits per heavy atom. The summed E-state index contributed by atoms with van der Waals surface area (Å²) in [6, 6.07) is 1.13. The van der Waals surface area contributed by atoms with Gasteiger partial charge in [0.05, 0.1) is 0 Å². The van der Waals surface area contributed by atoms with Gasteiger partial charge in [0.2, 0.25) is 5.95 Å². The third kappa shape index (κ3) is 3.96. The number of hydrogen-bond acceptors (Lipinski definition) is 5. The van der Waals surface area contributed by atoms with Crippen LogP contribution in [-0.4, -0.2) is 42.8 Å². The van der Waals surface area contributed by atoms with E-state index in [0.29, 0.717) is 19.8 Å². The van der Waals surface area contributed by atoms with Crippen LogP contribution >= 0.6 is 0 Å². The molecule has 0 atom stereocenters. The molecule has 0 aliphatic carbocycles. The van der Waals surface area contributed by atoms with Crippen LogP contribution in [0.2, 0.25) is 0 Å². The molecular weight excluding hydrogens is 285 g/mol. The molecule has 5 nitrogen and oxygen atoms in total. The zero-order valence-corrected chi connectivity index (χ0v) is 12.1. The van der Waals surface area contributed by atoms with Crippen LogP contribution < -0.4 is 10.2 Å². The van der Waals surface area contributed by atoms with Crippen LogP contribution in [0, 0.1) is 0 Å². The molecule has 0 bridgehead atoms. The molecule has 1 aliphatic heterocycles. The van der Waals surface area contributed by atoms with Crippen molar-refractivity contribution in [1.82, 2.24) is 9.97 Å². The molecule has 1 saturated heterocycles. The molecular formula is C13H19F3N4O. The van der Waals surface area contributed by atoms with Gasteiger partial charge in [-0.05, 0) is 19.8 Å². The number of anilines is 2. The fourth-order valence-electron chi connectivity index (χ4n) is 2.26. The molecule has 1 N–H and O–H groups in total. The summed E-state index contributed by atoms with van der Waals surface area (Å²) in [5.74, 6) is 0.279. The third-order valence-electron chi connectivity index (χ3n) is 3.44. The van der Waals surface area contributed by atoms with Gasteiger partial charge >= 0.3 is 6.18 Å². The highest BCUT2D eigenvalue weighted by atomic mass is 19.4. The summed E-state index contributed by atoms with van der Waals surface area (Å²) in [5, 5.41) is 2.74. The third-order valence-corrected chi connectivity index (χ3v) is 3.44. The average Bonchev–Trinajstić information content (AvgIpc) is 2.46. The zero-order chi connectivity index (χ0) is 15.5. The van der Waals surface area contributed by atoms with Crippen molar-refractivity contribution in [3.05, 3.63) is 11.8 Å². The first kappa shape index (κ1) is 15.8. The van der Waals surface area contributed by atoms with Gasteiger partial charge in [0.1, 0.15) is 5.82 Å². The Morgan fingerprint density at radius 2 is 2.00 bits per heavy atom. The number of alkyl halides is 3. The Morgan fingerprint density at radius 3 is 2.57 bits per heavy atom. The molecule has 2 heterocycles. The zero-order valence-electron chi connectivity index (χ0n) is 12.1. The molecule has 1 aliphatic rings. The van der Waals surface area contributed by atoms with E-state index >= 15 is 0 Å². The molecule has 1 fully saturated rings. The van der Waals surface area contributed by atoms with Crippen molar-refractivity contribution in [2.45, 2.75) is 32.0 Å². The highest BCUT2D eigenvalue weighted by Crippen LogP contribution is 2.31. The van der Waals surface area contributed by atoms with Gasteiger partial charge in [0.25, 0.3) is 0 Å². The second-order valence-corrected chi connectivity index (χ2v) is 4.92. The summed E-state index contributed by atoms with van der Waals surface area (Å²) in [6.45, 7) is 3.48. The molecule has 0 unspecified atom stereocenters. The van der Waals surface area contributed by atoms with Crippen molar-refractivity contribution >= 4 is 11.8 Å². The van der Waals surface area contributed by atoms with Crippen LogP contribution in [-0.2, 0) is 10.9 Å². The summed E-state index contributed by atoms with van der Waals surface area (Å²) in [4.78, 5) is 9.48. The Bertz CT molecular complexity index is 475. The number of ether oxygens (including phenoxy) is 1. The van der Waals surface area contributed by atoms with Gasteiger partial charge in [0.15, 0.2) is 5.69 Å². The lowest BCUT2D eigenvalue weighted by Crippen LogP contribution is -2.37. The smallest absolute Gasteiger partial charge is 0.381 e. The van der Waals surface area contributed by atoms with E-state index in [4.69, 9.17) is 4.74 Å². The molecule has 0 saturated carbocycles. The van der Waals surface area contributed by atoms with Crippen molar-refractivity contribution in [3.63, 3.8) is 0 Å². The lowest BCUT2D eigenvalue weighted by molar-refractivity contribution is -0.141. The first-order valence-corrected chi connectivity index (χ1v) is 6.92. The van der Waals surface area contributed by atoms with Crippen LogP contribution in [0.4, 0.5) is 24.9 Å². The summed E-state index contributed by atoms with van der Waals surface area (Å²) in [6.07, 6.45) is -2.94. The molecule has 21 heavy (non-hydrogen) atoms. The number of nitrogens with zero attached hydrogens (tertiary/aromatic N) is 3. The number of nitrogens with one attached hydrogen (secondary N) is 1. The predicted molar refractivity (Wildman–Crippen MR) is 73.4 cm³/mol. The summed E-state index contributed by atoms with van der Waals surface area (Å²) >= 11 is 0. The highest BCUT2D eigenvalue weighted by molar-refractivity contribution is 5.46. The molecule has 1 aromatic heterocycles. The SMILES string of the molecule is CCNc1nc(N(C)C2CCOCC2)cc(C(F)(F)F)n1. The van der Waals surface area contributed by atoms with Gasteiger partial charge < -0.3 is 15.0 Å². The maximum atomic E-state index is 12.9. The van der Waals surface area contributed by atoms with E-state index in [0.717, 1.165) is 18.9 Å². The molecule has 0 aromatic carbocycles. The summed E-state index contributed by atoms with van der Waals surface area (Å²) in [7, 11) is 1.76. The Kier molecular flexibility index (Phi) is 4.87. The Hall–Kier alpha value is -1.57. The van der Waals surface area contributed by atoms with Crippen LogP contribution in [0.1, 0.15) is 25.5 Å². The minimum absolute atomic E-state index is 0.00114. The Labute approximate surface area is 121 Å². The van der Waals surface area contributed by atoms with Crippen LogP contribution in [0.5, 0.6) is 0 Å². The fourth-order valence-corrected chi connectivity index (χ4v) is 2.26. The molecule has 1 aromatic rings. The first-order valence-electron chi connectivity index (χ1n) is 6.92. The van der Waals surface area contributed by atoms with E-state index in [1.54, 1.807) is 18.9 Å². The van der Waals surface area contributed by atoms with Crippen LogP contribution in [0.15, 0.2) is 6.07 Å². The van der Waals surface area contributed by atoms with Crippen LogP contribution in [0.25, 0.3) is 0 Å². The number of hydrogen-bond donors (Lipinski definition) is 1. The topological polar surface area (TPSA) is 50.3 Å². The second kappa shape index (κ2) is 6.46. The van der Waals surface area contributed by atoms with Gasteiger partial charge in [-0.2, -0.15) is 18.2 Å². The summed E-state index contributed by atoms with van der Waals surface area (Å²) < 4.78 is 44.1. The van der Waals surface area contributed by atoms with Crippen molar-refractivity contribution < 1.29 is 17.9 Å². The minimum atomic E-state index is -4.49. The van der Waals surface area contributed by atoms with Crippen molar-refractivity contribution in [2.75, 3.05) is 37.0 Å². The molecule has 0 radical (unpaired) electrons. The van der Waals surface area contributed by atoms with Crippen molar-refractivity contribution in [3.8, 4) is 0 Å². The standard InChI is InChI=1S/C13H19F3N4O/c1-3-17-12-18-10(13(14,15)16)8-11(19-12)20(2)9-4-6-21-7-5-9/h8-9H,3-7H2,1-2H3,(H,17,18,19). The average molecular weight is 304 g/mol. The Balaban J connectivity index is 2.30. The van der Waals surface area contributed by atoms with E-state index in [9.17, 15) is 13.2 Å². The van der Waals surface area contributed by atoms with E-state index in [1.165, 1.54) is 0 Å². The van der Waals surface area contributed by atoms with Gasteiger partial charge in [-0.1, -0.05) is 0 Å². The number of aromatic nitrogens is 2. The van der Waals surface area contributed by atoms with Gasteiger partial charge in [0, 0.05) is 38.9 Å². The van der Waals surface area contributed by atoms with E-state index in [2.05, 4.69) is 15.3 Å². The monoisotopic (exact) mass is 304 g/mol. The molecule has 0 spiro atoms. The van der Waals surface area contributed by atoms with Gasteiger partial charge in [-0.25, -0.2) is 4.98 Å². The summed E-state index contributed by atoms with van der Waals surface area (Å²) in [5.41, 5.74) is -0.928. The fraction of sp³-hybridized carbons (Fsp3) is 0.692. The maximum Gasteiger partial charge on any atom is 0.433 e. The number of halogens is 3. The second-order valence-electron chi connectivity index (χ2n) is 4.92. The predicted octanol–water partition coefficient (Wildman–Crippen LogP) is 2.54. The minimum Gasteiger partial charge on any atom is -0.381 e. The normalized spacial score (nSPS) is 16.8. The largest absolute Gasteiger partial charge is 0.433 e. The lowest BCUT2D eigenvalue weighted by atomic mass is 10.1. The van der Waals surface area contributed by atoms with E-state index < -0.39 is 11.9 Å². The molecule has 2 rings (SSSR count). The van der Waals surface area contributed by atoms with Crippen molar-refractivity contribution in [1.29, 1.82) is 0 Å². The van der Waals surface area contributed by atoms with E-state index in [1.807, 2.05) is 0 Å². The van der Waals surface area contributed by atoms with Crippen molar-refractivity contribution in [2.24, 2.45) is 0 Å². The highest BCUT2D eigenvalue weighted by Gasteiger charge is 2.34. The number of rotatable bonds is 4. The lowest BCUT2D eigenvalue weighted by Gasteiger charge is -2.32. The van der Waals surface area contributed by atoms with Gasteiger partial charge in [-0.15, -0.1) is 0 Å². The van der Waals surface area contributed by atoms with Crippen LogP contribution in [0.3, 0.4) is 0 Å². The quantitative estimate of drug-likeness (QED) is 0.926. The van der Waals surface area contributed by atoms with Gasteiger partial charge in [-0.3, -0.25) is 0 Å². The maximum absolute atomic E-state index is 12.9. The molecule has 0 amide bonds. The van der Waals surface area contributed by atoms with E-state index in [-0.39, 0.29) is 17.8 Å². The molecule has 8 heteroatoms. The first-order chi connectivity index (χ1) is 9.91.